The first-order valence-electron chi connectivity index (χ1n) is 6.43. The van der Waals surface area contributed by atoms with E-state index in [-0.39, 0.29) is 0 Å². The molecule has 2 heterocycles. The summed E-state index contributed by atoms with van der Waals surface area (Å²) in [6.45, 7) is 5.50. The quantitative estimate of drug-likeness (QED) is 0.720. The minimum Gasteiger partial charge on any atom is -0.377 e. The molecule has 0 amide bonds. The highest BCUT2D eigenvalue weighted by molar-refractivity contribution is 4.79. The summed E-state index contributed by atoms with van der Waals surface area (Å²) >= 11 is 0. The van der Waals surface area contributed by atoms with Crippen molar-refractivity contribution in [3.8, 4) is 0 Å². The molecule has 0 spiro atoms. The molecule has 0 aromatic rings. The Labute approximate surface area is 93.0 Å². The normalized spacial score (nSPS) is 33.4. The molecule has 2 fully saturated rings. The summed E-state index contributed by atoms with van der Waals surface area (Å²) in [4.78, 5) is 0. The third-order valence-corrected chi connectivity index (χ3v) is 3.52. The lowest BCUT2D eigenvalue weighted by Crippen LogP contribution is -2.37. The van der Waals surface area contributed by atoms with Crippen molar-refractivity contribution in [2.24, 2.45) is 0 Å². The third-order valence-electron chi connectivity index (χ3n) is 3.52. The lowest BCUT2D eigenvalue weighted by atomic mass is 10.1. The van der Waals surface area contributed by atoms with Crippen LogP contribution in [0.15, 0.2) is 0 Å². The first-order valence-corrected chi connectivity index (χ1v) is 6.43. The van der Waals surface area contributed by atoms with E-state index >= 15 is 0 Å². The first kappa shape index (κ1) is 11.4. The van der Waals surface area contributed by atoms with Crippen molar-refractivity contribution < 1.29 is 4.74 Å². The van der Waals surface area contributed by atoms with Gasteiger partial charge in [0.25, 0.3) is 0 Å². The lowest BCUT2D eigenvalue weighted by Gasteiger charge is -2.20. The minimum absolute atomic E-state index is 0.476. The van der Waals surface area contributed by atoms with Crippen molar-refractivity contribution in [1.29, 1.82) is 0 Å². The SMILES string of the molecule is CC(CC1CCCN1)NCC1CCCO1. The van der Waals surface area contributed by atoms with Crippen molar-refractivity contribution in [3.63, 3.8) is 0 Å². The van der Waals surface area contributed by atoms with E-state index in [4.69, 9.17) is 4.74 Å². The Morgan fingerprint density at radius 1 is 1.40 bits per heavy atom. The second-order valence-electron chi connectivity index (χ2n) is 4.97. The number of ether oxygens (including phenoxy) is 1. The Balaban J connectivity index is 1.57. The average molecular weight is 212 g/mol. The van der Waals surface area contributed by atoms with Gasteiger partial charge in [0.05, 0.1) is 6.10 Å². The average Bonchev–Trinajstić information content (AvgIpc) is 2.86. The molecule has 88 valence electrons. The van der Waals surface area contributed by atoms with Crippen LogP contribution in [-0.2, 0) is 4.74 Å². The molecule has 0 saturated carbocycles. The zero-order valence-electron chi connectivity index (χ0n) is 9.80. The predicted octanol–water partition coefficient (Wildman–Crippen LogP) is 1.29. The van der Waals surface area contributed by atoms with Gasteiger partial charge in [0.15, 0.2) is 0 Å². The highest BCUT2D eigenvalue weighted by atomic mass is 16.5. The van der Waals surface area contributed by atoms with Crippen LogP contribution in [0.5, 0.6) is 0 Å². The summed E-state index contributed by atoms with van der Waals surface area (Å²) in [6.07, 6.45) is 6.91. The fraction of sp³-hybridized carbons (Fsp3) is 1.00. The molecule has 0 bridgehead atoms. The summed E-state index contributed by atoms with van der Waals surface area (Å²) < 4.78 is 5.60. The molecular formula is C12H24N2O. The Bertz CT molecular complexity index is 174. The van der Waals surface area contributed by atoms with E-state index < -0.39 is 0 Å². The van der Waals surface area contributed by atoms with Crippen LogP contribution < -0.4 is 10.6 Å². The molecule has 0 aromatic heterocycles. The van der Waals surface area contributed by atoms with Crippen molar-refractivity contribution >= 4 is 0 Å². The van der Waals surface area contributed by atoms with Gasteiger partial charge in [-0.15, -0.1) is 0 Å². The molecule has 0 radical (unpaired) electrons. The molecule has 3 heteroatoms. The van der Waals surface area contributed by atoms with Crippen LogP contribution in [0.2, 0.25) is 0 Å². The zero-order valence-corrected chi connectivity index (χ0v) is 9.80. The summed E-state index contributed by atoms with van der Waals surface area (Å²) in [5.74, 6) is 0. The maximum Gasteiger partial charge on any atom is 0.0700 e. The molecule has 3 atom stereocenters. The highest BCUT2D eigenvalue weighted by Crippen LogP contribution is 2.13. The summed E-state index contributed by atoms with van der Waals surface area (Å²) in [5, 5.41) is 7.13. The smallest absolute Gasteiger partial charge is 0.0700 e. The molecule has 15 heavy (non-hydrogen) atoms. The molecule has 3 unspecified atom stereocenters. The third kappa shape index (κ3) is 3.74. The van der Waals surface area contributed by atoms with Gasteiger partial charge in [0, 0.05) is 25.2 Å². The van der Waals surface area contributed by atoms with Gasteiger partial charge < -0.3 is 15.4 Å². The number of hydrogen-bond acceptors (Lipinski definition) is 3. The fourth-order valence-electron chi connectivity index (χ4n) is 2.61. The van der Waals surface area contributed by atoms with Gasteiger partial charge >= 0.3 is 0 Å². The van der Waals surface area contributed by atoms with Crippen LogP contribution in [-0.4, -0.2) is 37.9 Å². The summed E-state index contributed by atoms with van der Waals surface area (Å²) in [7, 11) is 0. The van der Waals surface area contributed by atoms with Crippen LogP contribution in [0.1, 0.15) is 39.0 Å². The van der Waals surface area contributed by atoms with Gasteiger partial charge in [-0.1, -0.05) is 0 Å². The summed E-state index contributed by atoms with van der Waals surface area (Å²) in [5.41, 5.74) is 0. The predicted molar refractivity (Wildman–Crippen MR) is 62.1 cm³/mol. The highest BCUT2D eigenvalue weighted by Gasteiger charge is 2.19. The van der Waals surface area contributed by atoms with Crippen LogP contribution in [0.4, 0.5) is 0 Å². The molecular weight excluding hydrogens is 188 g/mol. The van der Waals surface area contributed by atoms with Gasteiger partial charge in [-0.25, -0.2) is 0 Å². The lowest BCUT2D eigenvalue weighted by molar-refractivity contribution is 0.107. The van der Waals surface area contributed by atoms with Gasteiger partial charge in [-0.3, -0.25) is 0 Å². The van der Waals surface area contributed by atoms with Crippen LogP contribution in [0.25, 0.3) is 0 Å². The molecule has 0 aliphatic carbocycles. The zero-order chi connectivity index (χ0) is 10.5. The molecule has 2 saturated heterocycles. The second-order valence-corrected chi connectivity index (χ2v) is 4.97. The van der Waals surface area contributed by atoms with E-state index in [9.17, 15) is 0 Å². The van der Waals surface area contributed by atoms with E-state index in [1.807, 2.05) is 0 Å². The van der Waals surface area contributed by atoms with E-state index in [2.05, 4.69) is 17.6 Å². The Morgan fingerprint density at radius 2 is 2.33 bits per heavy atom. The number of hydrogen-bond donors (Lipinski definition) is 2. The van der Waals surface area contributed by atoms with Crippen molar-refractivity contribution in [1.82, 2.24) is 10.6 Å². The van der Waals surface area contributed by atoms with Crippen LogP contribution in [0, 0.1) is 0 Å². The Hall–Kier alpha value is -0.120. The van der Waals surface area contributed by atoms with E-state index in [1.54, 1.807) is 0 Å². The molecule has 2 rings (SSSR count). The van der Waals surface area contributed by atoms with Gasteiger partial charge in [0.2, 0.25) is 0 Å². The molecule has 0 aromatic carbocycles. The Morgan fingerprint density at radius 3 is 3.00 bits per heavy atom. The van der Waals surface area contributed by atoms with Crippen molar-refractivity contribution in [3.05, 3.63) is 0 Å². The van der Waals surface area contributed by atoms with E-state index in [0.717, 1.165) is 19.2 Å². The summed E-state index contributed by atoms with van der Waals surface area (Å²) in [6, 6.07) is 1.36. The molecule has 2 aliphatic rings. The molecule has 2 aliphatic heterocycles. The van der Waals surface area contributed by atoms with E-state index in [0.29, 0.717) is 12.1 Å². The van der Waals surface area contributed by atoms with E-state index in [1.165, 1.54) is 38.6 Å². The largest absolute Gasteiger partial charge is 0.377 e. The second kappa shape index (κ2) is 5.83. The van der Waals surface area contributed by atoms with Gasteiger partial charge in [-0.2, -0.15) is 0 Å². The standard InChI is InChI=1S/C12H24N2O/c1-10(8-11-4-2-6-13-11)14-9-12-5-3-7-15-12/h10-14H,2-9H2,1H3. The van der Waals surface area contributed by atoms with Crippen molar-refractivity contribution in [2.45, 2.75) is 57.2 Å². The minimum atomic E-state index is 0.476. The maximum atomic E-state index is 5.60. The van der Waals surface area contributed by atoms with Gasteiger partial charge in [-0.05, 0) is 45.6 Å². The van der Waals surface area contributed by atoms with Crippen LogP contribution >= 0.6 is 0 Å². The first-order chi connectivity index (χ1) is 7.34. The Kier molecular flexibility index (Phi) is 4.42. The maximum absolute atomic E-state index is 5.60. The molecule has 3 nitrogen and oxygen atoms in total. The monoisotopic (exact) mass is 212 g/mol. The number of nitrogens with one attached hydrogen (secondary N) is 2. The molecule has 2 N–H and O–H groups in total. The van der Waals surface area contributed by atoms with Crippen molar-refractivity contribution in [2.75, 3.05) is 19.7 Å². The number of rotatable bonds is 5. The fourth-order valence-corrected chi connectivity index (χ4v) is 2.61. The van der Waals surface area contributed by atoms with Crippen LogP contribution in [0.3, 0.4) is 0 Å². The topological polar surface area (TPSA) is 33.3 Å². The van der Waals surface area contributed by atoms with Gasteiger partial charge in [0.1, 0.15) is 0 Å².